The van der Waals surface area contributed by atoms with Crippen LogP contribution in [0.2, 0.25) is 0 Å². The number of hydrogen-bond acceptors (Lipinski definition) is 5. The van der Waals surface area contributed by atoms with Gasteiger partial charge in [-0.1, -0.05) is 5.16 Å². The van der Waals surface area contributed by atoms with Crippen LogP contribution in [-0.4, -0.2) is 23.8 Å². The van der Waals surface area contributed by atoms with Gasteiger partial charge in [0.05, 0.1) is 6.54 Å². The standard InChI is InChI=1S/C10H17N3O2/c1-7(14-2)10-12-9(15-13-10)6-11-5-8-3-4-8/h7-8,11H,3-6H2,1-2H3. The SMILES string of the molecule is COC(C)c1noc(CNCC2CC2)n1. The van der Waals surface area contributed by atoms with Gasteiger partial charge in [0.15, 0.2) is 5.82 Å². The van der Waals surface area contributed by atoms with Gasteiger partial charge in [0.2, 0.25) is 5.89 Å². The second-order valence-electron chi connectivity index (χ2n) is 4.00. The fourth-order valence-electron chi connectivity index (χ4n) is 1.32. The van der Waals surface area contributed by atoms with Gasteiger partial charge in [-0.25, -0.2) is 0 Å². The first kappa shape index (κ1) is 10.6. The highest BCUT2D eigenvalue weighted by molar-refractivity contribution is 4.89. The fraction of sp³-hybridized carbons (Fsp3) is 0.800. The van der Waals surface area contributed by atoms with Crippen LogP contribution < -0.4 is 5.32 Å². The fourth-order valence-corrected chi connectivity index (χ4v) is 1.32. The zero-order valence-corrected chi connectivity index (χ0v) is 9.19. The Morgan fingerprint density at radius 2 is 2.40 bits per heavy atom. The number of hydrogen-bond donors (Lipinski definition) is 1. The van der Waals surface area contributed by atoms with E-state index in [0.29, 0.717) is 18.3 Å². The number of rotatable bonds is 6. The highest BCUT2D eigenvalue weighted by Crippen LogP contribution is 2.27. The van der Waals surface area contributed by atoms with Crippen molar-refractivity contribution in [1.82, 2.24) is 15.5 Å². The molecule has 1 aliphatic rings. The maximum atomic E-state index is 5.10. The molecule has 1 N–H and O–H groups in total. The molecule has 0 bridgehead atoms. The van der Waals surface area contributed by atoms with E-state index in [9.17, 15) is 0 Å². The van der Waals surface area contributed by atoms with Gasteiger partial charge in [0, 0.05) is 7.11 Å². The molecule has 1 atom stereocenters. The summed E-state index contributed by atoms with van der Waals surface area (Å²) in [4.78, 5) is 4.23. The number of aromatic nitrogens is 2. The van der Waals surface area contributed by atoms with Crippen LogP contribution in [0.5, 0.6) is 0 Å². The topological polar surface area (TPSA) is 60.2 Å². The van der Waals surface area contributed by atoms with Crippen molar-refractivity contribution in [3.05, 3.63) is 11.7 Å². The molecule has 5 nitrogen and oxygen atoms in total. The van der Waals surface area contributed by atoms with Gasteiger partial charge in [-0.15, -0.1) is 0 Å². The normalized spacial score (nSPS) is 18.0. The Kier molecular flexibility index (Phi) is 3.33. The molecule has 1 aliphatic carbocycles. The lowest BCUT2D eigenvalue weighted by Gasteiger charge is -2.01. The van der Waals surface area contributed by atoms with Crippen LogP contribution in [0.15, 0.2) is 4.52 Å². The Labute approximate surface area is 89.2 Å². The molecule has 84 valence electrons. The molecular weight excluding hydrogens is 194 g/mol. The molecular formula is C10H17N3O2. The van der Waals surface area contributed by atoms with Crippen LogP contribution in [0, 0.1) is 5.92 Å². The van der Waals surface area contributed by atoms with Gasteiger partial charge >= 0.3 is 0 Å². The zero-order chi connectivity index (χ0) is 10.7. The summed E-state index contributed by atoms with van der Waals surface area (Å²) in [6.07, 6.45) is 2.59. The largest absolute Gasteiger partial charge is 0.374 e. The molecule has 0 amide bonds. The molecule has 1 aromatic heterocycles. The highest BCUT2D eigenvalue weighted by atomic mass is 16.5. The Hall–Kier alpha value is -0.940. The first-order valence-electron chi connectivity index (χ1n) is 5.35. The lowest BCUT2D eigenvalue weighted by molar-refractivity contribution is 0.109. The first-order valence-corrected chi connectivity index (χ1v) is 5.35. The first-order chi connectivity index (χ1) is 7.29. The highest BCUT2D eigenvalue weighted by Gasteiger charge is 2.20. The summed E-state index contributed by atoms with van der Waals surface area (Å²) < 4.78 is 10.2. The van der Waals surface area contributed by atoms with E-state index < -0.39 is 0 Å². The van der Waals surface area contributed by atoms with Crippen LogP contribution >= 0.6 is 0 Å². The number of ether oxygens (including phenoxy) is 1. The average Bonchev–Trinajstić information content (AvgIpc) is 2.94. The predicted octanol–water partition coefficient (Wildman–Crippen LogP) is 1.28. The summed E-state index contributed by atoms with van der Waals surface area (Å²) >= 11 is 0. The van der Waals surface area contributed by atoms with E-state index in [1.54, 1.807) is 7.11 Å². The Balaban J connectivity index is 1.77. The van der Waals surface area contributed by atoms with Crippen LogP contribution in [0.1, 0.15) is 37.6 Å². The molecule has 5 heteroatoms. The summed E-state index contributed by atoms with van der Waals surface area (Å²) in [6, 6.07) is 0. The van der Waals surface area contributed by atoms with Crippen molar-refractivity contribution in [3.63, 3.8) is 0 Å². The van der Waals surface area contributed by atoms with Crippen LogP contribution in [0.3, 0.4) is 0 Å². The second kappa shape index (κ2) is 4.72. The van der Waals surface area contributed by atoms with Gasteiger partial charge in [-0.3, -0.25) is 0 Å². The van der Waals surface area contributed by atoms with Gasteiger partial charge < -0.3 is 14.6 Å². The van der Waals surface area contributed by atoms with Crippen LogP contribution in [-0.2, 0) is 11.3 Å². The molecule has 1 fully saturated rings. The molecule has 0 spiro atoms. The third-order valence-electron chi connectivity index (χ3n) is 2.61. The molecule has 15 heavy (non-hydrogen) atoms. The van der Waals surface area contributed by atoms with Crippen LogP contribution in [0.25, 0.3) is 0 Å². The van der Waals surface area contributed by atoms with E-state index in [2.05, 4.69) is 15.5 Å². The van der Waals surface area contributed by atoms with Gasteiger partial charge in [0.1, 0.15) is 6.10 Å². The Morgan fingerprint density at radius 3 is 3.07 bits per heavy atom. The van der Waals surface area contributed by atoms with Crippen molar-refractivity contribution < 1.29 is 9.26 Å². The predicted molar refractivity (Wildman–Crippen MR) is 54.2 cm³/mol. The van der Waals surface area contributed by atoms with Crippen molar-refractivity contribution >= 4 is 0 Å². The average molecular weight is 211 g/mol. The molecule has 1 unspecified atom stereocenters. The molecule has 0 aliphatic heterocycles. The summed E-state index contributed by atoms with van der Waals surface area (Å²) in [5.41, 5.74) is 0. The van der Waals surface area contributed by atoms with Crippen molar-refractivity contribution in [3.8, 4) is 0 Å². The van der Waals surface area contributed by atoms with E-state index in [1.165, 1.54) is 12.8 Å². The minimum absolute atomic E-state index is 0.106. The quantitative estimate of drug-likeness (QED) is 0.768. The molecule has 0 aromatic carbocycles. The minimum atomic E-state index is -0.106. The maximum Gasteiger partial charge on any atom is 0.240 e. The molecule has 2 rings (SSSR count). The second-order valence-corrected chi connectivity index (χ2v) is 4.00. The van der Waals surface area contributed by atoms with Gasteiger partial charge in [-0.2, -0.15) is 4.98 Å². The van der Waals surface area contributed by atoms with Crippen molar-refractivity contribution in [1.29, 1.82) is 0 Å². The number of nitrogens with one attached hydrogen (secondary N) is 1. The van der Waals surface area contributed by atoms with E-state index in [1.807, 2.05) is 6.92 Å². The lowest BCUT2D eigenvalue weighted by Crippen LogP contribution is -2.16. The molecule has 1 heterocycles. The molecule has 0 saturated heterocycles. The van der Waals surface area contributed by atoms with Crippen molar-refractivity contribution in [2.45, 2.75) is 32.4 Å². The lowest BCUT2D eigenvalue weighted by atomic mass is 10.4. The maximum absolute atomic E-state index is 5.10. The minimum Gasteiger partial charge on any atom is -0.374 e. The Morgan fingerprint density at radius 1 is 1.60 bits per heavy atom. The molecule has 1 saturated carbocycles. The van der Waals surface area contributed by atoms with Crippen LogP contribution in [0.4, 0.5) is 0 Å². The van der Waals surface area contributed by atoms with Crippen molar-refractivity contribution in [2.24, 2.45) is 5.92 Å². The smallest absolute Gasteiger partial charge is 0.240 e. The van der Waals surface area contributed by atoms with E-state index in [0.717, 1.165) is 12.5 Å². The molecule has 1 aromatic rings. The number of nitrogens with zero attached hydrogens (tertiary/aromatic N) is 2. The monoisotopic (exact) mass is 211 g/mol. The summed E-state index contributed by atoms with van der Waals surface area (Å²) in [5.74, 6) is 2.11. The summed E-state index contributed by atoms with van der Waals surface area (Å²) in [6.45, 7) is 3.60. The third-order valence-corrected chi connectivity index (χ3v) is 2.61. The number of methoxy groups -OCH3 is 1. The van der Waals surface area contributed by atoms with E-state index in [4.69, 9.17) is 9.26 Å². The van der Waals surface area contributed by atoms with E-state index in [-0.39, 0.29) is 6.10 Å². The zero-order valence-electron chi connectivity index (χ0n) is 9.19. The summed E-state index contributed by atoms with van der Waals surface area (Å²) in [5, 5.41) is 7.15. The summed E-state index contributed by atoms with van der Waals surface area (Å²) in [7, 11) is 1.63. The van der Waals surface area contributed by atoms with Crippen molar-refractivity contribution in [2.75, 3.05) is 13.7 Å². The third kappa shape index (κ3) is 3.00. The van der Waals surface area contributed by atoms with Gasteiger partial charge in [0.25, 0.3) is 0 Å². The van der Waals surface area contributed by atoms with E-state index >= 15 is 0 Å². The van der Waals surface area contributed by atoms with Gasteiger partial charge in [-0.05, 0) is 32.2 Å². The molecule has 0 radical (unpaired) electrons. The Bertz CT molecular complexity index is 309.